The summed E-state index contributed by atoms with van der Waals surface area (Å²) >= 11 is 8.14. The molecule has 0 radical (unpaired) electrons. The minimum atomic E-state index is 0.0539. The molecule has 3 aliphatic rings. The topological polar surface area (TPSA) is 63.7 Å². The molecule has 1 aromatic carbocycles. The number of nitrogens with one attached hydrogen (secondary N) is 2. The van der Waals surface area contributed by atoms with Gasteiger partial charge in [0.05, 0.1) is 29.4 Å². The van der Waals surface area contributed by atoms with E-state index in [4.69, 9.17) is 16.6 Å². The van der Waals surface area contributed by atoms with Crippen LogP contribution >= 0.6 is 23.4 Å². The number of nitrogens with zero attached hydrogens (tertiary/aromatic N) is 3. The van der Waals surface area contributed by atoms with Gasteiger partial charge in [0.15, 0.2) is 0 Å². The molecule has 8 heteroatoms. The molecule has 1 saturated carbocycles. The quantitative estimate of drug-likeness (QED) is 0.703. The molecule has 1 aromatic heterocycles. The van der Waals surface area contributed by atoms with Crippen LogP contribution in [0, 0.1) is 0 Å². The molecule has 2 fully saturated rings. The molecule has 0 unspecified atom stereocenters. The van der Waals surface area contributed by atoms with E-state index in [-0.39, 0.29) is 11.9 Å². The van der Waals surface area contributed by atoms with Crippen LogP contribution in [-0.4, -0.2) is 76.8 Å². The lowest BCUT2D eigenvalue weighted by atomic mass is 10.2. The first-order valence-corrected chi connectivity index (χ1v) is 12.7. The van der Waals surface area contributed by atoms with Gasteiger partial charge >= 0.3 is 0 Å². The zero-order chi connectivity index (χ0) is 21.4. The van der Waals surface area contributed by atoms with E-state index in [0.29, 0.717) is 12.5 Å². The van der Waals surface area contributed by atoms with Crippen LogP contribution in [-0.2, 0) is 4.79 Å². The van der Waals surface area contributed by atoms with Gasteiger partial charge in [-0.05, 0) is 38.1 Å². The summed E-state index contributed by atoms with van der Waals surface area (Å²) in [4.78, 5) is 25.4. The van der Waals surface area contributed by atoms with Crippen molar-refractivity contribution in [2.45, 2.75) is 44.2 Å². The number of likely N-dealkylation sites (N-methyl/N-ethyl adjacent to an activating group) is 1. The normalized spacial score (nSPS) is 23.0. The minimum absolute atomic E-state index is 0.0539. The Morgan fingerprint density at radius 3 is 2.77 bits per heavy atom. The Bertz CT molecular complexity index is 991. The molecule has 2 aliphatic heterocycles. The second kappa shape index (κ2) is 9.04. The fourth-order valence-electron chi connectivity index (χ4n) is 4.78. The van der Waals surface area contributed by atoms with Crippen LogP contribution in [0.3, 0.4) is 0 Å². The summed E-state index contributed by atoms with van der Waals surface area (Å²) in [5, 5.41) is 6.53. The van der Waals surface area contributed by atoms with Crippen molar-refractivity contribution >= 4 is 50.9 Å². The number of anilines is 1. The summed E-state index contributed by atoms with van der Waals surface area (Å²) in [6.07, 6.45) is 5.51. The van der Waals surface area contributed by atoms with Gasteiger partial charge in [-0.15, -0.1) is 11.8 Å². The summed E-state index contributed by atoms with van der Waals surface area (Å²) in [7, 11) is 2.11. The Morgan fingerprint density at radius 2 is 2.00 bits per heavy atom. The van der Waals surface area contributed by atoms with E-state index in [2.05, 4.69) is 28.3 Å². The van der Waals surface area contributed by atoms with Crippen molar-refractivity contribution in [3.8, 4) is 0 Å². The fraction of sp³-hybridized carbons (Fsp3) is 0.565. The van der Waals surface area contributed by atoms with Gasteiger partial charge in [-0.3, -0.25) is 9.79 Å². The van der Waals surface area contributed by atoms with Crippen molar-refractivity contribution in [3.63, 3.8) is 0 Å². The fourth-order valence-corrected chi connectivity index (χ4v) is 6.04. The van der Waals surface area contributed by atoms with Crippen LogP contribution in [0.15, 0.2) is 23.2 Å². The molecule has 1 aliphatic carbocycles. The number of aliphatic imine (C=N–C) groups is 1. The van der Waals surface area contributed by atoms with E-state index in [1.165, 1.54) is 25.7 Å². The van der Waals surface area contributed by atoms with Gasteiger partial charge in [0.1, 0.15) is 5.04 Å². The molecule has 2 N–H and O–H groups in total. The maximum Gasteiger partial charge on any atom is 0.224 e. The summed E-state index contributed by atoms with van der Waals surface area (Å²) < 4.78 is 0. The zero-order valence-electron chi connectivity index (χ0n) is 18.0. The second-order valence-corrected chi connectivity index (χ2v) is 10.5. The van der Waals surface area contributed by atoms with Crippen LogP contribution in [0.4, 0.5) is 5.69 Å². The molecule has 0 bridgehead atoms. The first kappa shape index (κ1) is 21.2. The first-order chi connectivity index (χ1) is 15.0. The molecule has 1 amide bonds. The highest BCUT2D eigenvalue weighted by Crippen LogP contribution is 2.33. The third-order valence-corrected chi connectivity index (χ3v) is 7.99. The summed E-state index contributed by atoms with van der Waals surface area (Å²) in [6, 6.07) is 6.74. The number of amides is 1. The standard InChI is InChI=1S/C23H30ClN5OS/c1-28-6-8-29(9-7-28)21(30)13-18-14-31-23(26-18)20-11-15-10-16(24)12-19(22(15)27-20)25-17-4-2-3-5-17/h10-12,17-18,25,27H,2-9,13-14H2,1H3/t18-/m1/s1. The average molecular weight is 460 g/mol. The number of hydrogen-bond acceptors (Lipinski definition) is 5. The second-order valence-electron chi connectivity index (χ2n) is 9.01. The average Bonchev–Trinajstić information content (AvgIpc) is 3.49. The van der Waals surface area contributed by atoms with Gasteiger partial charge in [0.25, 0.3) is 0 Å². The number of aromatic nitrogens is 1. The number of halogens is 1. The van der Waals surface area contributed by atoms with E-state index in [9.17, 15) is 4.79 Å². The smallest absolute Gasteiger partial charge is 0.224 e. The Balaban J connectivity index is 1.30. The number of thioether (sulfide) groups is 1. The molecule has 0 spiro atoms. The Labute approximate surface area is 192 Å². The Morgan fingerprint density at radius 1 is 1.23 bits per heavy atom. The van der Waals surface area contributed by atoms with Crippen LogP contribution < -0.4 is 5.32 Å². The number of H-pyrrole nitrogens is 1. The summed E-state index contributed by atoms with van der Waals surface area (Å²) in [5.74, 6) is 1.09. The highest BCUT2D eigenvalue weighted by Gasteiger charge is 2.27. The number of aromatic amines is 1. The van der Waals surface area contributed by atoms with Crippen LogP contribution in [0.25, 0.3) is 10.9 Å². The number of rotatable bonds is 5. The van der Waals surface area contributed by atoms with Crippen molar-refractivity contribution in [1.82, 2.24) is 14.8 Å². The monoisotopic (exact) mass is 459 g/mol. The molecule has 31 heavy (non-hydrogen) atoms. The lowest BCUT2D eigenvalue weighted by Gasteiger charge is -2.32. The Hall–Kier alpha value is -1.70. The van der Waals surface area contributed by atoms with Crippen molar-refractivity contribution in [2.24, 2.45) is 4.99 Å². The minimum Gasteiger partial charge on any atom is -0.381 e. The predicted molar refractivity (Wildman–Crippen MR) is 131 cm³/mol. The van der Waals surface area contributed by atoms with Gasteiger partial charge < -0.3 is 20.1 Å². The molecule has 6 nitrogen and oxygen atoms in total. The maximum absolute atomic E-state index is 12.7. The maximum atomic E-state index is 12.7. The van der Waals surface area contributed by atoms with E-state index >= 15 is 0 Å². The van der Waals surface area contributed by atoms with Crippen LogP contribution in [0.5, 0.6) is 0 Å². The molecule has 3 heterocycles. The lowest BCUT2D eigenvalue weighted by Crippen LogP contribution is -2.47. The SMILES string of the molecule is CN1CCN(C(=O)C[C@@H]2CSC(c3cc4cc(Cl)cc(NC5CCCC5)c4[nH]3)=N2)CC1. The molecule has 1 atom stereocenters. The molecule has 5 rings (SSSR count). The molecular formula is C23H30ClN5OS. The number of fused-ring (bicyclic) bond motifs is 1. The highest BCUT2D eigenvalue weighted by molar-refractivity contribution is 8.14. The van der Waals surface area contributed by atoms with Gasteiger partial charge in [-0.25, -0.2) is 0 Å². The number of benzene rings is 1. The Kier molecular flexibility index (Phi) is 6.17. The third-order valence-electron chi connectivity index (χ3n) is 6.62. The molecule has 2 aromatic rings. The van der Waals surface area contributed by atoms with E-state index in [1.54, 1.807) is 11.8 Å². The molecular weight excluding hydrogens is 430 g/mol. The number of piperazine rings is 1. The summed E-state index contributed by atoms with van der Waals surface area (Å²) in [6.45, 7) is 3.56. The van der Waals surface area contributed by atoms with Crippen molar-refractivity contribution < 1.29 is 4.79 Å². The zero-order valence-corrected chi connectivity index (χ0v) is 19.6. The van der Waals surface area contributed by atoms with Gasteiger partial charge in [0, 0.05) is 48.4 Å². The van der Waals surface area contributed by atoms with E-state index < -0.39 is 0 Å². The largest absolute Gasteiger partial charge is 0.381 e. The highest BCUT2D eigenvalue weighted by atomic mass is 35.5. The number of hydrogen-bond donors (Lipinski definition) is 2. The van der Waals surface area contributed by atoms with Crippen molar-refractivity contribution in [1.29, 1.82) is 0 Å². The molecule has 1 saturated heterocycles. The van der Waals surface area contributed by atoms with Crippen molar-refractivity contribution in [2.75, 3.05) is 44.3 Å². The van der Waals surface area contributed by atoms with Gasteiger partial charge in [-0.1, -0.05) is 24.4 Å². The first-order valence-electron chi connectivity index (χ1n) is 11.3. The van der Waals surface area contributed by atoms with Crippen LogP contribution in [0.2, 0.25) is 5.02 Å². The molecule has 166 valence electrons. The van der Waals surface area contributed by atoms with E-state index in [1.807, 2.05) is 17.0 Å². The van der Waals surface area contributed by atoms with Crippen molar-refractivity contribution in [3.05, 3.63) is 28.9 Å². The lowest BCUT2D eigenvalue weighted by molar-refractivity contribution is -0.132. The predicted octanol–water partition coefficient (Wildman–Crippen LogP) is 4.20. The van der Waals surface area contributed by atoms with E-state index in [0.717, 1.165) is 64.3 Å². The van der Waals surface area contributed by atoms with Crippen LogP contribution in [0.1, 0.15) is 37.8 Å². The number of carbonyl (C=O) groups excluding carboxylic acids is 1. The number of carbonyl (C=O) groups is 1. The summed E-state index contributed by atoms with van der Waals surface area (Å²) in [5.41, 5.74) is 3.18. The van der Waals surface area contributed by atoms with Gasteiger partial charge in [-0.2, -0.15) is 0 Å². The third kappa shape index (κ3) is 4.73. The van der Waals surface area contributed by atoms with Gasteiger partial charge in [0.2, 0.25) is 5.91 Å².